The van der Waals surface area contributed by atoms with Gasteiger partial charge in [0, 0.05) is 26.1 Å². The molecule has 29 heavy (non-hydrogen) atoms. The molecule has 172 valence electrons. The van der Waals surface area contributed by atoms with E-state index in [1.807, 2.05) is 24.9 Å². The molecule has 0 fully saturated rings. The Morgan fingerprint density at radius 1 is 1.03 bits per heavy atom. The van der Waals surface area contributed by atoms with Gasteiger partial charge in [0.25, 0.3) is 0 Å². The van der Waals surface area contributed by atoms with E-state index in [0.717, 1.165) is 19.3 Å². The zero-order valence-electron chi connectivity index (χ0n) is 19.6. The van der Waals surface area contributed by atoms with Crippen molar-refractivity contribution in [2.45, 2.75) is 91.6 Å². The summed E-state index contributed by atoms with van der Waals surface area (Å²) in [5.41, 5.74) is 0. The van der Waals surface area contributed by atoms with Gasteiger partial charge in [0.2, 0.25) is 0 Å². The van der Waals surface area contributed by atoms with Gasteiger partial charge in [-0.2, -0.15) is 0 Å². The van der Waals surface area contributed by atoms with Crippen LogP contribution in [-0.4, -0.2) is 49.7 Å². The molecule has 0 radical (unpaired) electrons. The van der Waals surface area contributed by atoms with Crippen molar-refractivity contribution in [2.24, 2.45) is 23.7 Å². The van der Waals surface area contributed by atoms with Crippen LogP contribution in [0.25, 0.3) is 0 Å². The fraction of sp³-hybridized carbons (Fsp3) is 0.870. The van der Waals surface area contributed by atoms with Crippen molar-refractivity contribution >= 4 is 28.6 Å². The summed E-state index contributed by atoms with van der Waals surface area (Å²) >= 11 is 2.22. The quantitative estimate of drug-likeness (QED) is 0.229. The smallest absolute Gasteiger partial charge is 0.308 e. The molecule has 0 amide bonds. The van der Waals surface area contributed by atoms with E-state index in [1.54, 1.807) is 14.2 Å². The first kappa shape index (κ1) is 28.8. The molecule has 0 aromatic carbocycles. The minimum atomic E-state index is -0.352. The van der Waals surface area contributed by atoms with Gasteiger partial charge in [-0.15, -0.1) is 0 Å². The number of halogens is 1. The minimum Gasteiger partial charge on any atom is -0.462 e. The summed E-state index contributed by atoms with van der Waals surface area (Å²) in [5, 5.41) is 10.00. The number of hydrogen-bond acceptors (Lipinski definition) is 5. The van der Waals surface area contributed by atoms with E-state index in [1.165, 1.54) is 0 Å². The lowest BCUT2D eigenvalue weighted by Gasteiger charge is -2.34. The largest absolute Gasteiger partial charge is 0.462 e. The molecule has 0 bridgehead atoms. The highest BCUT2D eigenvalue weighted by molar-refractivity contribution is 14.1. The van der Waals surface area contributed by atoms with Gasteiger partial charge in [-0.05, 0) is 35.7 Å². The first-order valence-corrected chi connectivity index (χ1v) is 12.1. The maximum atomic E-state index is 12.3. The van der Waals surface area contributed by atoms with Crippen LogP contribution < -0.4 is 0 Å². The van der Waals surface area contributed by atoms with Crippen molar-refractivity contribution in [2.75, 3.05) is 14.2 Å². The number of aliphatic hydroxyl groups excluding tert-OH is 1. The number of rotatable bonds is 15. The molecule has 0 saturated carbocycles. The number of hydrogen-bond donors (Lipinski definition) is 1. The molecule has 0 rings (SSSR count). The van der Waals surface area contributed by atoms with Gasteiger partial charge < -0.3 is 19.3 Å². The molecule has 5 nitrogen and oxygen atoms in total. The standard InChI is InChI=1S/C23H43IO5/c1-9-19(25)14-21(27-7)16(4)10-11-20(29-23(26)15(2)3)18(6)22(28-8)17(5)12-13-24/h12-13,15-22,25H,9-11,14H2,1-8H3. The lowest BCUT2D eigenvalue weighted by Crippen LogP contribution is -2.39. The molecule has 0 aromatic rings. The Labute approximate surface area is 192 Å². The van der Waals surface area contributed by atoms with Crippen molar-refractivity contribution in [1.82, 2.24) is 0 Å². The Morgan fingerprint density at radius 3 is 2.10 bits per heavy atom. The van der Waals surface area contributed by atoms with Crippen LogP contribution in [0.1, 0.15) is 67.2 Å². The Hall–Kier alpha value is -0.180. The molecule has 0 aliphatic heterocycles. The summed E-state index contributed by atoms with van der Waals surface area (Å²) in [5.74, 6) is 0.185. The molecular weight excluding hydrogens is 483 g/mol. The van der Waals surface area contributed by atoms with Gasteiger partial charge in [0.05, 0.1) is 24.2 Å². The lowest BCUT2D eigenvalue weighted by molar-refractivity contribution is -0.159. The highest BCUT2D eigenvalue weighted by atomic mass is 127. The van der Waals surface area contributed by atoms with Crippen LogP contribution in [0.5, 0.6) is 0 Å². The summed E-state index contributed by atoms with van der Waals surface area (Å²) in [4.78, 5) is 12.3. The van der Waals surface area contributed by atoms with Crippen molar-refractivity contribution in [3.63, 3.8) is 0 Å². The lowest BCUT2D eigenvalue weighted by atomic mass is 9.84. The molecule has 0 aromatic heterocycles. The average Bonchev–Trinajstić information content (AvgIpc) is 2.68. The maximum Gasteiger partial charge on any atom is 0.308 e. The Bertz CT molecular complexity index is 468. The number of esters is 1. The summed E-state index contributed by atoms with van der Waals surface area (Å²) in [6.45, 7) is 12.0. The Balaban J connectivity index is 5.27. The van der Waals surface area contributed by atoms with E-state index in [2.05, 4.69) is 49.4 Å². The summed E-state index contributed by atoms with van der Waals surface area (Å²) < 4.78 is 19.3. The maximum absolute atomic E-state index is 12.3. The normalized spacial score (nSPS) is 19.6. The third kappa shape index (κ3) is 10.6. The molecule has 7 atom stereocenters. The van der Waals surface area contributed by atoms with E-state index >= 15 is 0 Å². The van der Waals surface area contributed by atoms with Gasteiger partial charge in [-0.1, -0.05) is 70.2 Å². The number of carbonyl (C=O) groups excluding carboxylic acids is 1. The second-order valence-electron chi connectivity index (χ2n) is 8.49. The Morgan fingerprint density at radius 2 is 1.66 bits per heavy atom. The molecule has 0 heterocycles. The molecule has 6 heteroatoms. The van der Waals surface area contributed by atoms with E-state index < -0.39 is 0 Å². The van der Waals surface area contributed by atoms with Gasteiger partial charge >= 0.3 is 5.97 Å². The monoisotopic (exact) mass is 526 g/mol. The zero-order valence-corrected chi connectivity index (χ0v) is 21.7. The van der Waals surface area contributed by atoms with Gasteiger partial charge in [0.15, 0.2) is 0 Å². The van der Waals surface area contributed by atoms with E-state index in [-0.39, 0.29) is 54.1 Å². The van der Waals surface area contributed by atoms with Crippen LogP contribution in [0.2, 0.25) is 0 Å². The molecule has 0 spiro atoms. The molecule has 0 aliphatic rings. The van der Waals surface area contributed by atoms with Crippen molar-refractivity contribution < 1.29 is 24.1 Å². The molecule has 1 N–H and O–H groups in total. The number of carbonyl (C=O) groups is 1. The zero-order chi connectivity index (χ0) is 22.6. The highest BCUT2D eigenvalue weighted by Gasteiger charge is 2.33. The van der Waals surface area contributed by atoms with Crippen LogP contribution in [-0.2, 0) is 19.0 Å². The predicted octanol–water partition coefficient (Wildman–Crippen LogP) is 5.38. The van der Waals surface area contributed by atoms with Gasteiger partial charge in [0.1, 0.15) is 6.10 Å². The van der Waals surface area contributed by atoms with Gasteiger partial charge in [-0.25, -0.2) is 0 Å². The van der Waals surface area contributed by atoms with Crippen molar-refractivity contribution in [3.8, 4) is 0 Å². The van der Waals surface area contributed by atoms with E-state index in [4.69, 9.17) is 14.2 Å². The molecular formula is C23H43IO5. The summed E-state index contributed by atoms with van der Waals surface area (Å²) in [6.07, 6.45) is 4.41. The van der Waals surface area contributed by atoms with Crippen molar-refractivity contribution in [1.29, 1.82) is 0 Å². The highest BCUT2D eigenvalue weighted by Crippen LogP contribution is 2.29. The predicted molar refractivity (Wildman–Crippen MR) is 127 cm³/mol. The minimum absolute atomic E-state index is 0.0131. The molecule has 0 aliphatic carbocycles. The Kier molecular flexibility index (Phi) is 15.5. The van der Waals surface area contributed by atoms with E-state index in [0.29, 0.717) is 6.42 Å². The van der Waals surface area contributed by atoms with Crippen LogP contribution in [0.4, 0.5) is 0 Å². The summed E-state index contributed by atoms with van der Waals surface area (Å²) in [6, 6.07) is 0. The number of methoxy groups -OCH3 is 2. The van der Waals surface area contributed by atoms with Crippen LogP contribution >= 0.6 is 22.6 Å². The van der Waals surface area contributed by atoms with Crippen LogP contribution in [0.3, 0.4) is 0 Å². The molecule has 7 unspecified atom stereocenters. The molecule has 0 saturated heterocycles. The number of ether oxygens (including phenoxy) is 3. The average molecular weight is 526 g/mol. The van der Waals surface area contributed by atoms with Crippen LogP contribution in [0.15, 0.2) is 10.2 Å². The third-order valence-electron chi connectivity index (χ3n) is 5.83. The SMILES string of the molecule is CCC(O)CC(OC)C(C)CCC(OC(=O)C(C)C)C(C)C(OC)C(C)C=CI. The third-order valence-corrected chi connectivity index (χ3v) is 6.25. The second-order valence-corrected chi connectivity index (χ2v) is 9.21. The second kappa shape index (κ2) is 15.6. The van der Waals surface area contributed by atoms with Crippen molar-refractivity contribution in [3.05, 3.63) is 10.2 Å². The fourth-order valence-corrected chi connectivity index (χ4v) is 4.32. The van der Waals surface area contributed by atoms with Gasteiger partial charge in [-0.3, -0.25) is 4.79 Å². The summed E-state index contributed by atoms with van der Waals surface area (Å²) in [7, 11) is 3.41. The fourth-order valence-electron chi connectivity index (χ4n) is 3.67. The first-order valence-electron chi connectivity index (χ1n) is 10.8. The topological polar surface area (TPSA) is 65.0 Å². The van der Waals surface area contributed by atoms with Crippen LogP contribution in [0, 0.1) is 23.7 Å². The van der Waals surface area contributed by atoms with E-state index in [9.17, 15) is 9.90 Å². The first-order chi connectivity index (χ1) is 13.6. The number of aliphatic hydroxyl groups is 1.